The molecule has 1 amide bonds. The summed E-state index contributed by atoms with van der Waals surface area (Å²) in [5.74, 6) is -0.660. The summed E-state index contributed by atoms with van der Waals surface area (Å²) in [7, 11) is 1.53. The summed E-state index contributed by atoms with van der Waals surface area (Å²) in [6, 6.07) is 11.8. The van der Waals surface area contributed by atoms with Gasteiger partial charge in [0.2, 0.25) is 11.8 Å². The van der Waals surface area contributed by atoms with Gasteiger partial charge >= 0.3 is 0 Å². The molecule has 1 aliphatic heterocycles. The third kappa shape index (κ3) is 2.96. The predicted molar refractivity (Wildman–Crippen MR) is 97.7 cm³/mol. The Morgan fingerprint density at radius 2 is 1.74 bits per heavy atom. The van der Waals surface area contributed by atoms with E-state index < -0.39 is 5.91 Å². The van der Waals surface area contributed by atoms with E-state index in [1.807, 2.05) is 12.1 Å². The number of carbonyl (C=O) groups excluding carboxylic acids is 1. The van der Waals surface area contributed by atoms with E-state index in [0.29, 0.717) is 28.1 Å². The molecule has 8 nitrogen and oxygen atoms in total. The quantitative estimate of drug-likeness (QED) is 0.724. The van der Waals surface area contributed by atoms with Crippen LogP contribution in [0.4, 0.5) is 0 Å². The van der Waals surface area contributed by atoms with Crippen LogP contribution in [0.3, 0.4) is 0 Å². The van der Waals surface area contributed by atoms with Gasteiger partial charge in [-0.25, -0.2) is 9.98 Å². The van der Waals surface area contributed by atoms with Crippen LogP contribution in [-0.2, 0) is 11.3 Å². The van der Waals surface area contributed by atoms with Gasteiger partial charge in [-0.1, -0.05) is 12.1 Å². The van der Waals surface area contributed by atoms with Crippen molar-refractivity contribution >= 4 is 22.6 Å². The molecule has 3 aromatic rings. The minimum absolute atomic E-state index is 0.0823. The monoisotopic (exact) mass is 364 g/mol. The average Bonchev–Trinajstić information content (AvgIpc) is 3.19. The number of ether oxygens (including phenoxy) is 1. The number of para-hydroxylation sites is 2. The van der Waals surface area contributed by atoms with Crippen molar-refractivity contribution in [2.75, 3.05) is 13.7 Å². The third-order valence-corrected chi connectivity index (χ3v) is 4.30. The van der Waals surface area contributed by atoms with E-state index in [9.17, 15) is 15.0 Å². The molecule has 2 aromatic carbocycles. The summed E-state index contributed by atoms with van der Waals surface area (Å²) in [5, 5.41) is 22.8. The highest BCUT2D eigenvalue weighted by Crippen LogP contribution is 2.36. The van der Waals surface area contributed by atoms with Gasteiger partial charge in [-0.3, -0.25) is 9.36 Å². The highest BCUT2D eigenvalue weighted by atomic mass is 16.5. The highest BCUT2D eigenvalue weighted by molar-refractivity contribution is 6.06. The number of carbonyl (C=O) groups is 1. The van der Waals surface area contributed by atoms with Crippen molar-refractivity contribution in [1.29, 1.82) is 0 Å². The van der Waals surface area contributed by atoms with Crippen LogP contribution >= 0.6 is 0 Å². The summed E-state index contributed by atoms with van der Waals surface area (Å²) in [4.78, 5) is 24.8. The zero-order valence-electron chi connectivity index (χ0n) is 14.5. The average molecular weight is 364 g/mol. The minimum Gasteiger partial charge on any atom is -0.494 e. The number of amides is 1. The molecular weight excluding hydrogens is 348 g/mol. The van der Waals surface area contributed by atoms with Gasteiger partial charge in [0.1, 0.15) is 0 Å². The molecule has 1 aliphatic rings. The van der Waals surface area contributed by atoms with Crippen LogP contribution in [0.1, 0.15) is 10.4 Å². The van der Waals surface area contributed by atoms with Crippen LogP contribution in [0.5, 0.6) is 11.8 Å². The first-order valence-electron chi connectivity index (χ1n) is 8.27. The van der Waals surface area contributed by atoms with Crippen LogP contribution in [0.15, 0.2) is 57.4 Å². The molecule has 2 heterocycles. The molecule has 0 fully saturated rings. The number of aromatic hydroxyl groups is 2. The fourth-order valence-electron chi connectivity index (χ4n) is 2.94. The minimum atomic E-state index is -0.532. The van der Waals surface area contributed by atoms with Crippen molar-refractivity contribution in [3.63, 3.8) is 0 Å². The molecule has 1 aromatic heterocycles. The van der Waals surface area contributed by atoms with Crippen LogP contribution in [0.25, 0.3) is 10.8 Å². The van der Waals surface area contributed by atoms with E-state index in [4.69, 9.17) is 4.74 Å². The first kappa shape index (κ1) is 16.9. The van der Waals surface area contributed by atoms with E-state index in [1.165, 1.54) is 23.8 Å². The second-order valence-electron chi connectivity index (χ2n) is 5.98. The zero-order chi connectivity index (χ0) is 19.0. The summed E-state index contributed by atoms with van der Waals surface area (Å²) < 4.78 is 6.30. The maximum absolute atomic E-state index is 12.5. The zero-order valence-corrected chi connectivity index (χ0v) is 14.5. The van der Waals surface area contributed by atoms with Crippen LogP contribution < -0.4 is 10.7 Å². The number of aliphatic imine (C=N–C) groups is 1. The first-order chi connectivity index (χ1) is 13.1. The summed E-state index contributed by atoms with van der Waals surface area (Å²) in [6.07, 6.45) is 0. The number of guanidine groups is 1. The van der Waals surface area contributed by atoms with Crippen molar-refractivity contribution in [2.24, 2.45) is 15.0 Å². The Hall–Kier alpha value is -3.52. The van der Waals surface area contributed by atoms with E-state index in [2.05, 4.69) is 15.0 Å². The molecule has 0 unspecified atom stereocenters. The molecule has 0 spiro atoms. The molecule has 0 bridgehead atoms. The van der Waals surface area contributed by atoms with Crippen molar-refractivity contribution < 1.29 is 19.7 Å². The molecule has 0 saturated carbocycles. The summed E-state index contributed by atoms with van der Waals surface area (Å²) in [6.45, 7) is 0.607. The second kappa shape index (κ2) is 6.65. The number of hydrogen-bond donors (Lipinski definition) is 2. The Labute approximate surface area is 153 Å². The number of fused-ring (bicyclic) bond motifs is 2. The lowest BCUT2D eigenvalue weighted by atomic mass is 10.1. The van der Waals surface area contributed by atoms with Crippen molar-refractivity contribution in [3.05, 3.63) is 58.7 Å². The molecule has 0 radical (unpaired) electrons. The molecule has 0 atom stereocenters. The topological polar surface area (TPSA) is 109 Å². The van der Waals surface area contributed by atoms with Gasteiger partial charge in [-0.2, -0.15) is 4.99 Å². The molecule has 0 aliphatic carbocycles. The first-order valence-corrected chi connectivity index (χ1v) is 8.27. The van der Waals surface area contributed by atoms with Gasteiger partial charge in [-0.15, -0.1) is 0 Å². The van der Waals surface area contributed by atoms with Gasteiger partial charge in [0.15, 0.2) is 0 Å². The van der Waals surface area contributed by atoms with Gasteiger partial charge in [0.25, 0.3) is 11.9 Å². The van der Waals surface area contributed by atoms with E-state index in [1.54, 1.807) is 18.2 Å². The predicted octanol–water partition coefficient (Wildman–Crippen LogP) is 1.15. The van der Waals surface area contributed by atoms with E-state index in [-0.39, 0.29) is 29.8 Å². The van der Waals surface area contributed by atoms with Gasteiger partial charge in [0.05, 0.1) is 23.9 Å². The molecular formula is C19H16N4O4. The van der Waals surface area contributed by atoms with Crippen LogP contribution in [0, 0.1) is 0 Å². The Morgan fingerprint density at radius 3 is 2.41 bits per heavy atom. The van der Waals surface area contributed by atoms with E-state index in [0.717, 1.165) is 0 Å². The van der Waals surface area contributed by atoms with E-state index >= 15 is 0 Å². The third-order valence-electron chi connectivity index (χ3n) is 4.30. The summed E-state index contributed by atoms with van der Waals surface area (Å²) >= 11 is 0. The molecule has 8 heteroatoms. The fraction of sp³-hybridized carbons (Fsp3) is 0.158. The Balaban J connectivity index is 1.70. The fourth-order valence-corrected chi connectivity index (χ4v) is 2.94. The van der Waals surface area contributed by atoms with Gasteiger partial charge in [0, 0.05) is 23.4 Å². The lowest BCUT2D eigenvalue weighted by Crippen LogP contribution is -2.19. The second-order valence-corrected chi connectivity index (χ2v) is 5.98. The molecule has 4 rings (SSSR count). The van der Waals surface area contributed by atoms with Crippen molar-refractivity contribution in [1.82, 2.24) is 4.57 Å². The Bertz CT molecular complexity index is 1170. The summed E-state index contributed by atoms with van der Waals surface area (Å²) in [5.41, 5.74) is 0.260. The smallest absolute Gasteiger partial charge is 0.280 e. The highest BCUT2D eigenvalue weighted by Gasteiger charge is 2.18. The number of rotatable bonds is 4. The maximum Gasteiger partial charge on any atom is 0.280 e. The lowest BCUT2D eigenvalue weighted by Gasteiger charge is -2.04. The van der Waals surface area contributed by atoms with Gasteiger partial charge < -0.3 is 14.9 Å². The number of methoxy groups -OCH3 is 1. The van der Waals surface area contributed by atoms with Crippen LogP contribution in [0.2, 0.25) is 0 Å². The number of aromatic nitrogens is 1. The maximum atomic E-state index is 12.5. The van der Waals surface area contributed by atoms with Crippen LogP contribution in [-0.4, -0.2) is 40.4 Å². The molecule has 2 N–H and O–H groups in total. The molecule has 0 saturated heterocycles. The van der Waals surface area contributed by atoms with Gasteiger partial charge in [-0.05, 0) is 30.3 Å². The molecule has 136 valence electrons. The SMILES string of the molecule is COCCn1c(O)c2ccc(C(=O)N=C3N=c4ccccc4=N3)cc2c1O. The Morgan fingerprint density at radius 1 is 1.07 bits per heavy atom. The largest absolute Gasteiger partial charge is 0.494 e. The van der Waals surface area contributed by atoms with Crippen molar-refractivity contribution in [3.8, 4) is 11.8 Å². The standard InChI is InChI=1S/C19H16N4O4/c1-27-9-8-23-17(25)12-7-6-11(10-13(12)18(23)26)16(24)22-19-20-14-4-2-3-5-15(14)21-19/h2-7,10,25-26H,8-9H2,1H3. The Kier molecular flexibility index (Phi) is 4.17. The van der Waals surface area contributed by atoms with Crippen molar-refractivity contribution in [2.45, 2.75) is 6.54 Å². The normalized spacial score (nSPS) is 12.6. The number of hydrogen-bond acceptors (Lipinski definition) is 4. The lowest BCUT2D eigenvalue weighted by molar-refractivity contribution is 0.100. The number of benzene rings is 2. The number of nitrogens with zero attached hydrogens (tertiary/aromatic N) is 4. The molecule has 27 heavy (non-hydrogen) atoms.